The van der Waals surface area contributed by atoms with E-state index in [1.165, 1.54) is 6.33 Å². The Balaban J connectivity index is 1.80. The van der Waals surface area contributed by atoms with E-state index in [9.17, 15) is 4.79 Å². The number of rotatable bonds is 5. The number of nitrogens with one attached hydrogen (secondary N) is 2. The zero-order chi connectivity index (χ0) is 11.4. The van der Waals surface area contributed by atoms with Gasteiger partial charge in [-0.2, -0.15) is 0 Å². The first-order valence-corrected chi connectivity index (χ1v) is 5.62. The molecule has 2 rings (SSSR count). The zero-order valence-corrected chi connectivity index (χ0v) is 9.36. The lowest BCUT2D eigenvalue weighted by atomic mass is 10.3. The van der Waals surface area contributed by atoms with E-state index in [2.05, 4.69) is 20.6 Å². The quantitative estimate of drug-likeness (QED) is 0.767. The summed E-state index contributed by atoms with van der Waals surface area (Å²) in [4.78, 5) is 19.5. The summed E-state index contributed by atoms with van der Waals surface area (Å²) < 4.78 is 0. The van der Waals surface area contributed by atoms with E-state index in [-0.39, 0.29) is 12.5 Å². The molecular formula is C11H16N4O. The van der Waals surface area contributed by atoms with Crippen LogP contribution in [0, 0.1) is 0 Å². The predicted octanol–water partition coefficient (Wildman–Crippen LogP) is 0.729. The molecule has 16 heavy (non-hydrogen) atoms. The fourth-order valence-corrected chi connectivity index (χ4v) is 1.36. The molecule has 0 aromatic carbocycles. The summed E-state index contributed by atoms with van der Waals surface area (Å²) in [6.45, 7) is 2.31. The van der Waals surface area contributed by atoms with E-state index in [0.29, 0.717) is 11.9 Å². The fourth-order valence-electron chi connectivity index (χ4n) is 1.36. The van der Waals surface area contributed by atoms with Crippen LogP contribution >= 0.6 is 0 Å². The van der Waals surface area contributed by atoms with Crippen molar-refractivity contribution in [2.45, 2.75) is 32.2 Å². The van der Waals surface area contributed by atoms with Crippen molar-refractivity contribution in [1.82, 2.24) is 15.3 Å². The topological polar surface area (TPSA) is 66.9 Å². The molecule has 86 valence electrons. The second-order valence-electron chi connectivity index (χ2n) is 3.94. The van der Waals surface area contributed by atoms with Crippen LogP contribution in [0.25, 0.3) is 0 Å². The molecule has 1 amide bonds. The van der Waals surface area contributed by atoms with Gasteiger partial charge in [0, 0.05) is 17.8 Å². The SMILES string of the molecule is CCc1cc(NCC(=O)NC2CC2)ncn1. The Kier molecular flexibility index (Phi) is 3.34. The van der Waals surface area contributed by atoms with Crippen LogP contribution in [0.15, 0.2) is 12.4 Å². The van der Waals surface area contributed by atoms with Crippen molar-refractivity contribution in [1.29, 1.82) is 0 Å². The molecular weight excluding hydrogens is 204 g/mol. The molecule has 2 N–H and O–H groups in total. The lowest BCUT2D eigenvalue weighted by Gasteiger charge is -2.06. The number of carbonyl (C=O) groups is 1. The molecule has 1 aliphatic carbocycles. The average Bonchev–Trinajstić information content (AvgIpc) is 3.10. The van der Waals surface area contributed by atoms with Crippen molar-refractivity contribution >= 4 is 11.7 Å². The number of aryl methyl sites for hydroxylation is 1. The smallest absolute Gasteiger partial charge is 0.239 e. The third-order valence-corrected chi connectivity index (χ3v) is 2.46. The maximum atomic E-state index is 11.4. The Morgan fingerprint density at radius 1 is 1.50 bits per heavy atom. The van der Waals surface area contributed by atoms with Gasteiger partial charge >= 0.3 is 0 Å². The molecule has 0 saturated heterocycles. The number of anilines is 1. The number of hydrogen-bond donors (Lipinski definition) is 2. The summed E-state index contributed by atoms with van der Waals surface area (Å²) >= 11 is 0. The van der Waals surface area contributed by atoms with Gasteiger partial charge in [-0.05, 0) is 19.3 Å². The molecule has 0 radical (unpaired) electrons. The Labute approximate surface area is 94.7 Å². The highest BCUT2D eigenvalue weighted by Crippen LogP contribution is 2.18. The first-order valence-electron chi connectivity index (χ1n) is 5.62. The highest BCUT2D eigenvalue weighted by atomic mass is 16.2. The normalized spacial score (nSPS) is 14.6. The van der Waals surface area contributed by atoms with Crippen molar-refractivity contribution in [3.05, 3.63) is 18.1 Å². The molecule has 1 saturated carbocycles. The molecule has 1 aromatic rings. The number of hydrogen-bond acceptors (Lipinski definition) is 4. The van der Waals surface area contributed by atoms with Crippen LogP contribution in [0.3, 0.4) is 0 Å². The van der Waals surface area contributed by atoms with Crippen molar-refractivity contribution in [2.24, 2.45) is 0 Å². The van der Waals surface area contributed by atoms with Crippen molar-refractivity contribution in [3.63, 3.8) is 0 Å². The Morgan fingerprint density at radius 2 is 2.31 bits per heavy atom. The van der Waals surface area contributed by atoms with Gasteiger partial charge in [0.25, 0.3) is 0 Å². The molecule has 1 aromatic heterocycles. The predicted molar refractivity (Wildman–Crippen MR) is 61.1 cm³/mol. The highest BCUT2D eigenvalue weighted by Gasteiger charge is 2.22. The first-order chi connectivity index (χ1) is 7.78. The summed E-state index contributed by atoms with van der Waals surface area (Å²) in [7, 11) is 0. The number of amides is 1. The minimum atomic E-state index is 0.0270. The minimum absolute atomic E-state index is 0.0270. The molecule has 0 bridgehead atoms. The van der Waals surface area contributed by atoms with Crippen LogP contribution in [0.1, 0.15) is 25.5 Å². The van der Waals surface area contributed by atoms with Crippen LogP contribution in [0.2, 0.25) is 0 Å². The molecule has 1 heterocycles. The van der Waals surface area contributed by atoms with Crippen LogP contribution < -0.4 is 10.6 Å². The van der Waals surface area contributed by atoms with Crippen LogP contribution in [0.5, 0.6) is 0 Å². The van der Waals surface area contributed by atoms with E-state index >= 15 is 0 Å². The van der Waals surface area contributed by atoms with Gasteiger partial charge in [0.2, 0.25) is 5.91 Å². The van der Waals surface area contributed by atoms with Crippen LogP contribution in [-0.4, -0.2) is 28.5 Å². The van der Waals surface area contributed by atoms with E-state index < -0.39 is 0 Å². The Bertz CT molecular complexity index is 376. The van der Waals surface area contributed by atoms with Crippen LogP contribution in [-0.2, 0) is 11.2 Å². The summed E-state index contributed by atoms with van der Waals surface area (Å²) in [5.74, 6) is 0.733. The average molecular weight is 220 g/mol. The summed E-state index contributed by atoms with van der Waals surface area (Å²) in [6, 6.07) is 2.27. The van der Waals surface area contributed by atoms with Gasteiger partial charge in [-0.25, -0.2) is 9.97 Å². The van der Waals surface area contributed by atoms with Gasteiger partial charge in [0.05, 0.1) is 6.54 Å². The Hall–Kier alpha value is -1.65. The van der Waals surface area contributed by atoms with Crippen molar-refractivity contribution in [2.75, 3.05) is 11.9 Å². The molecule has 5 nitrogen and oxygen atoms in total. The van der Waals surface area contributed by atoms with E-state index in [4.69, 9.17) is 0 Å². The molecule has 1 aliphatic rings. The second-order valence-corrected chi connectivity index (χ2v) is 3.94. The molecule has 0 atom stereocenters. The molecule has 0 spiro atoms. The van der Waals surface area contributed by atoms with Gasteiger partial charge in [-0.15, -0.1) is 0 Å². The maximum Gasteiger partial charge on any atom is 0.239 e. The van der Waals surface area contributed by atoms with Gasteiger partial charge in [-0.1, -0.05) is 6.92 Å². The molecule has 5 heteroatoms. The zero-order valence-electron chi connectivity index (χ0n) is 9.36. The van der Waals surface area contributed by atoms with Crippen molar-refractivity contribution < 1.29 is 4.79 Å². The molecule has 0 aliphatic heterocycles. The Morgan fingerprint density at radius 3 is 3.00 bits per heavy atom. The lowest BCUT2D eigenvalue weighted by Crippen LogP contribution is -2.31. The standard InChI is InChI=1S/C11H16N4O/c1-2-8-5-10(14-7-13-8)12-6-11(16)15-9-3-4-9/h5,7,9H,2-4,6H2,1H3,(H,15,16)(H,12,13,14). The molecule has 0 unspecified atom stereocenters. The molecule has 1 fully saturated rings. The van der Waals surface area contributed by atoms with E-state index in [1.54, 1.807) is 0 Å². The fraction of sp³-hybridized carbons (Fsp3) is 0.545. The van der Waals surface area contributed by atoms with Gasteiger partial charge in [-0.3, -0.25) is 4.79 Å². The van der Waals surface area contributed by atoms with E-state index in [1.807, 2.05) is 13.0 Å². The first kappa shape index (κ1) is 10.9. The van der Waals surface area contributed by atoms with Gasteiger partial charge in [0.15, 0.2) is 0 Å². The van der Waals surface area contributed by atoms with Gasteiger partial charge in [0.1, 0.15) is 12.1 Å². The number of carbonyl (C=O) groups excluding carboxylic acids is 1. The summed E-state index contributed by atoms with van der Waals surface area (Å²) in [5.41, 5.74) is 0.972. The summed E-state index contributed by atoms with van der Waals surface area (Å²) in [5, 5.41) is 5.90. The van der Waals surface area contributed by atoms with Crippen molar-refractivity contribution in [3.8, 4) is 0 Å². The summed E-state index contributed by atoms with van der Waals surface area (Å²) in [6.07, 6.45) is 4.60. The minimum Gasteiger partial charge on any atom is -0.361 e. The monoisotopic (exact) mass is 220 g/mol. The number of aromatic nitrogens is 2. The lowest BCUT2D eigenvalue weighted by molar-refractivity contribution is -0.119. The maximum absolute atomic E-state index is 11.4. The highest BCUT2D eigenvalue weighted by molar-refractivity contribution is 5.80. The second kappa shape index (κ2) is 4.92. The van der Waals surface area contributed by atoms with Gasteiger partial charge < -0.3 is 10.6 Å². The van der Waals surface area contributed by atoms with Crippen LogP contribution in [0.4, 0.5) is 5.82 Å². The third-order valence-electron chi connectivity index (χ3n) is 2.46. The largest absolute Gasteiger partial charge is 0.361 e. The third kappa shape index (κ3) is 3.18. The number of nitrogens with zero attached hydrogens (tertiary/aromatic N) is 2. The van der Waals surface area contributed by atoms with E-state index in [0.717, 1.165) is 25.0 Å².